The monoisotopic (exact) mass is 709 g/mol. The number of Topliss-reactive ketones (excluding diaryl/α,β-unsaturated/α-hetero) is 1. The zero-order valence-electron chi connectivity index (χ0n) is 28.1. The van der Waals surface area contributed by atoms with Crippen LogP contribution in [0.25, 0.3) is 11.3 Å². The van der Waals surface area contributed by atoms with Crippen molar-refractivity contribution < 1.29 is 66.9 Å². The summed E-state index contributed by atoms with van der Waals surface area (Å²) in [4.78, 5) is 43.0. The van der Waals surface area contributed by atoms with Crippen LogP contribution in [0, 0.1) is 11.3 Å². The molecule has 0 saturated carbocycles. The number of halogens is 3. The Morgan fingerprint density at radius 2 is 1.90 bits per heavy atom. The third-order valence-electron chi connectivity index (χ3n) is 9.22. The number of anilines is 1. The number of carboxylic acids is 1. The smallest absolute Gasteiger partial charge is 0.550 e. The van der Waals surface area contributed by atoms with Crippen LogP contribution in [0.4, 0.5) is 19.0 Å². The number of carbonyl (C=O) groups excluding carboxylic acids is 2. The molecule has 6 rings (SSSR count). The third-order valence-corrected chi connectivity index (χ3v) is 10.3. The van der Waals surface area contributed by atoms with E-state index in [4.69, 9.17) is 14.5 Å². The first-order chi connectivity index (χ1) is 22.8. The molecule has 0 amide bonds. The summed E-state index contributed by atoms with van der Waals surface area (Å²) in [6.07, 6.45) is 1.27. The quantitative estimate of drug-likeness (QED) is 0.228. The van der Waals surface area contributed by atoms with E-state index in [9.17, 15) is 27.9 Å². The average molecular weight is 710 g/mol. The summed E-state index contributed by atoms with van der Waals surface area (Å²) in [5.41, 5.74) is 0.125. The molecule has 3 aliphatic rings. The predicted octanol–water partition coefficient (Wildman–Crippen LogP) is 1.80. The Balaban J connectivity index is 0.00000468. The molecule has 3 aliphatic heterocycles. The van der Waals surface area contributed by atoms with Crippen LogP contribution in [0.1, 0.15) is 71.9 Å². The van der Waals surface area contributed by atoms with Crippen LogP contribution >= 0.6 is 11.3 Å². The molecule has 15 heteroatoms. The van der Waals surface area contributed by atoms with Gasteiger partial charge in [0.05, 0.1) is 43.3 Å². The topological polar surface area (TPSA) is 121 Å². The third kappa shape index (κ3) is 9.39. The molecule has 258 valence electrons. The van der Waals surface area contributed by atoms with E-state index >= 15 is 0 Å². The van der Waals surface area contributed by atoms with Crippen molar-refractivity contribution >= 4 is 28.9 Å². The molecule has 2 aromatic heterocycles. The number of ketones is 1. The average Bonchev–Trinajstić information content (AvgIpc) is 3.70. The molecule has 3 aromatic rings. The summed E-state index contributed by atoms with van der Waals surface area (Å²) >= 11 is 1.33. The fourth-order valence-electron chi connectivity index (χ4n) is 6.68. The van der Waals surface area contributed by atoms with Gasteiger partial charge in [-0.3, -0.25) is 9.69 Å². The van der Waals surface area contributed by atoms with Crippen molar-refractivity contribution in [1.82, 2.24) is 19.9 Å². The molecular weight excluding hydrogens is 670 g/mol. The van der Waals surface area contributed by atoms with Crippen LogP contribution in [-0.4, -0.2) is 77.1 Å². The fraction of sp³-hybridized carbons (Fsp3) is 0.559. The van der Waals surface area contributed by atoms with Crippen molar-refractivity contribution in [2.24, 2.45) is 11.3 Å². The number of aromatic nitrogens is 3. The molecule has 5 heterocycles. The minimum absolute atomic E-state index is 0. The van der Waals surface area contributed by atoms with Gasteiger partial charge in [0.1, 0.15) is 28.4 Å². The summed E-state index contributed by atoms with van der Waals surface area (Å²) in [5.74, 6) is -1.52. The summed E-state index contributed by atoms with van der Waals surface area (Å²) in [5, 5.41) is 11.6. The number of alkyl halides is 3. The minimum atomic E-state index is -4.65. The van der Waals surface area contributed by atoms with Gasteiger partial charge in [0, 0.05) is 54.9 Å². The van der Waals surface area contributed by atoms with Crippen LogP contribution in [0.2, 0.25) is 0 Å². The van der Waals surface area contributed by atoms with E-state index in [0.29, 0.717) is 67.6 Å². The van der Waals surface area contributed by atoms with Gasteiger partial charge in [0.15, 0.2) is 5.78 Å². The van der Waals surface area contributed by atoms with E-state index in [2.05, 4.69) is 28.7 Å². The first kappa shape index (κ1) is 37.6. The maximum atomic E-state index is 14.3. The SMILES string of the molecule is CC1(C)CCCN(Cc2sc(CC(=O)c3cnc(N4CCC(C(=O)[O-])CC4)cn3)nc2-c2ccc(O[C@@H]3CCOC3)c(C(F)(F)F)c2)C1.[Na+]. The first-order valence-electron chi connectivity index (χ1n) is 16.3. The maximum Gasteiger partial charge on any atom is 1.00 e. The molecule has 3 fully saturated rings. The number of hydrogen-bond donors (Lipinski definition) is 0. The van der Waals surface area contributed by atoms with Crippen LogP contribution in [0.15, 0.2) is 30.6 Å². The second-order valence-corrected chi connectivity index (χ2v) is 14.8. The number of hydrogen-bond acceptors (Lipinski definition) is 11. The molecule has 0 radical (unpaired) electrons. The Morgan fingerprint density at radius 1 is 1.12 bits per heavy atom. The van der Waals surface area contributed by atoms with Gasteiger partial charge in [0.25, 0.3) is 0 Å². The zero-order chi connectivity index (χ0) is 34.1. The normalized spacial score (nSPS) is 20.2. The van der Waals surface area contributed by atoms with Gasteiger partial charge in [-0.2, -0.15) is 13.2 Å². The van der Waals surface area contributed by atoms with Gasteiger partial charge in [0.2, 0.25) is 0 Å². The first-order valence-corrected chi connectivity index (χ1v) is 17.1. The van der Waals surface area contributed by atoms with Crippen LogP contribution < -0.4 is 44.3 Å². The molecule has 0 spiro atoms. The molecule has 1 atom stereocenters. The number of likely N-dealkylation sites (tertiary alicyclic amines) is 1. The molecular formula is C34H39F3N5NaO5S. The Bertz CT molecular complexity index is 1620. The molecule has 0 N–H and O–H groups in total. The molecule has 0 aliphatic carbocycles. The standard InChI is InChI=1S/C34H40F3N5O5S.Na/c1-33(2)9-3-10-41(20-33)18-28-31(22-4-5-27(24(14-22)34(35,36)37)47-23-8-13-46-19-23)40-30(48-28)15-26(43)25-16-39-29(17-38-25)42-11-6-21(7-12-42)32(44)45;/h4-5,14,16-17,21,23H,3,6-13,15,18-20H2,1-2H3,(H,44,45);/q;+1/p-1/t23-;/m1./s1. The van der Waals surface area contributed by atoms with Gasteiger partial charge >= 0.3 is 35.7 Å². The van der Waals surface area contributed by atoms with E-state index in [1.54, 1.807) is 6.07 Å². The number of benzene rings is 1. The van der Waals surface area contributed by atoms with Gasteiger partial charge in [-0.25, -0.2) is 15.0 Å². The second-order valence-electron chi connectivity index (χ2n) is 13.6. The van der Waals surface area contributed by atoms with Gasteiger partial charge < -0.3 is 24.3 Å². The zero-order valence-corrected chi connectivity index (χ0v) is 30.9. The Morgan fingerprint density at radius 3 is 2.53 bits per heavy atom. The van der Waals surface area contributed by atoms with E-state index in [1.165, 1.54) is 29.8 Å². The van der Waals surface area contributed by atoms with Crippen molar-refractivity contribution in [3.05, 3.63) is 51.7 Å². The van der Waals surface area contributed by atoms with Gasteiger partial charge in [-0.1, -0.05) is 13.8 Å². The Kier molecular flexibility index (Phi) is 12.1. The molecule has 0 bridgehead atoms. The van der Waals surface area contributed by atoms with Crippen LogP contribution in [-0.2, 0) is 28.7 Å². The number of carboxylic acid groups (broad SMARTS) is 1. The number of aliphatic carboxylic acids is 1. The molecule has 1 aromatic carbocycles. The predicted molar refractivity (Wildman–Crippen MR) is 171 cm³/mol. The number of carbonyl (C=O) groups is 2. The maximum absolute atomic E-state index is 14.3. The Hall–Kier alpha value is -2.62. The van der Waals surface area contributed by atoms with Crippen molar-refractivity contribution in [3.8, 4) is 17.0 Å². The molecule has 49 heavy (non-hydrogen) atoms. The van der Waals surface area contributed by atoms with Crippen LogP contribution in [0.5, 0.6) is 5.75 Å². The van der Waals surface area contributed by atoms with Gasteiger partial charge in [-0.15, -0.1) is 11.3 Å². The number of thiazole rings is 1. The summed E-state index contributed by atoms with van der Waals surface area (Å²) in [6, 6.07) is 4.05. The molecule has 10 nitrogen and oxygen atoms in total. The van der Waals surface area contributed by atoms with Crippen molar-refractivity contribution in [1.29, 1.82) is 0 Å². The summed E-state index contributed by atoms with van der Waals surface area (Å²) in [6.45, 7) is 8.33. The summed E-state index contributed by atoms with van der Waals surface area (Å²) in [7, 11) is 0. The van der Waals surface area contributed by atoms with Crippen LogP contribution in [0.3, 0.4) is 0 Å². The molecule has 3 saturated heterocycles. The number of rotatable bonds is 10. The number of nitrogens with zero attached hydrogens (tertiary/aromatic N) is 5. The van der Waals surface area contributed by atoms with Crippen molar-refractivity contribution in [2.75, 3.05) is 44.3 Å². The fourth-order valence-corrected chi connectivity index (χ4v) is 7.81. The van der Waals surface area contributed by atoms with E-state index < -0.39 is 29.7 Å². The largest absolute Gasteiger partial charge is 1.00 e. The van der Waals surface area contributed by atoms with E-state index in [1.807, 2.05) is 4.90 Å². The number of ether oxygens (including phenoxy) is 2. The molecule has 0 unspecified atom stereocenters. The van der Waals surface area contributed by atoms with Crippen molar-refractivity contribution in [3.63, 3.8) is 0 Å². The van der Waals surface area contributed by atoms with Gasteiger partial charge in [-0.05, 0) is 55.8 Å². The summed E-state index contributed by atoms with van der Waals surface area (Å²) < 4.78 is 53.9. The number of piperidine rings is 2. The minimum Gasteiger partial charge on any atom is -0.550 e. The van der Waals surface area contributed by atoms with E-state index in [-0.39, 0.29) is 65.2 Å². The van der Waals surface area contributed by atoms with E-state index in [0.717, 1.165) is 36.9 Å². The second kappa shape index (κ2) is 15.7. The Labute approximate surface area is 309 Å². The van der Waals surface area contributed by atoms with Crippen molar-refractivity contribution in [2.45, 2.75) is 71.2 Å².